The zero-order valence-electron chi connectivity index (χ0n) is 16.9. The number of nitrogens with zero attached hydrogens (tertiary/aromatic N) is 2. The maximum Gasteiger partial charge on any atom is 0.191 e. The summed E-state index contributed by atoms with van der Waals surface area (Å²) in [4.78, 5) is 0. The highest BCUT2D eigenvalue weighted by molar-refractivity contribution is 7.80. The van der Waals surface area contributed by atoms with Crippen LogP contribution in [0.5, 0.6) is 5.75 Å². The maximum absolute atomic E-state index is 13.2. The van der Waals surface area contributed by atoms with Crippen molar-refractivity contribution in [3.05, 3.63) is 95.9 Å². The van der Waals surface area contributed by atoms with Crippen LogP contribution >= 0.6 is 12.2 Å². The van der Waals surface area contributed by atoms with Crippen LogP contribution in [0.2, 0.25) is 0 Å². The summed E-state index contributed by atoms with van der Waals surface area (Å²) in [6.45, 7) is 0.638. The fourth-order valence-electron chi connectivity index (χ4n) is 3.29. The summed E-state index contributed by atoms with van der Waals surface area (Å²) < 4.78 is 20.5. The molecule has 0 amide bonds. The van der Waals surface area contributed by atoms with Gasteiger partial charge in [0.05, 0.1) is 13.3 Å². The Morgan fingerprint density at radius 3 is 2.55 bits per heavy atom. The van der Waals surface area contributed by atoms with E-state index in [0.717, 1.165) is 33.5 Å². The summed E-state index contributed by atoms with van der Waals surface area (Å²) in [5.74, 6) is 0.540. The number of para-hydroxylation sites is 1. The number of hydrogen-bond acceptors (Lipinski definition) is 3. The number of aromatic nitrogens is 1. The topological polar surface area (TPSA) is 50.6 Å². The lowest BCUT2D eigenvalue weighted by molar-refractivity contribution is 0.415. The third-order valence-corrected chi connectivity index (χ3v) is 5.00. The standard InChI is InChI=1S/C24H21FN4OS/c1-30-21-12-10-20(11-13-21)27-24(31)28-26-14-18-16-29(23-5-3-2-4-22(18)23)15-17-6-8-19(25)9-7-17/h2-14,16H,15H2,1H3,(H2,27,28,31)/b26-14+. The molecule has 4 rings (SSSR count). The summed E-state index contributed by atoms with van der Waals surface area (Å²) in [5, 5.41) is 8.82. The number of thiocarbonyl (C=S) groups is 1. The molecule has 7 heteroatoms. The average molecular weight is 433 g/mol. The number of hydrazone groups is 1. The quantitative estimate of drug-likeness (QED) is 0.251. The van der Waals surface area contributed by atoms with E-state index in [4.69, 9.17) is 17.0 Å². The van der Waals surface area contributed by atoms with Gasteiger partial charge in [0.15, 0.2) is 5.11 Å². The van der Waals surface area contributed by atoms with Crippen LogP contribution < -0.4 is 15.5 Å². The molecule has 0 bridgehead atoms. The molecular formula is C24H21FN4OS. The van der Waals surface area contributed by atoms with Gasteiger partial charge in [0, 0.05) is 34.9 Å². The van der Waals surface area contributed by atoms with Gasteiger partial charge in [-0.2, -0.15) is 5.10 Å². The highest BCUT2D eigenvalue weighted by Crippen LogP contribution is 2.21. The zero-order valence-corrected chi connectivity index (χ0v) is 17.7. The van der Waals surface area contributed by atoms with Crippen LogP contribution in [0.15, 0.2) is 84.1 Å². The highest BCUT2D eigenvalue weighted by Gasteiger charge is 2.07. The summed E-state index contributed by atoms with van der Waals surface area (Å²) in [7, 11) is 1.62. The third-order valence-electron chi connectivity index (χ3n) is 4.80. The van der Waals surface area contributed by atoms with E-state index in [0.29, 0.717) is 11.7 Å². The Balaban J connectivity index is 1.46. The predicted molar refractivity (Wildman–Crippen MR) is 127 cm³/mol. The molecular weight excluding hydrogens is 411 g/mol. The maximum atomic E-state index is 13.2. The molecule has 0 spiro atoms. The van der Waals surface area contributed by atoms with E-state index in [9.17, 15) is 4.39 Å². The van der Waals surface area contributed by atoms with Gasteiger partial charge >= 0.3 is 0 Å². The average Bonchev–Trinajstić information content (AvgIpc) is 3.13. The molecule has 0 fully saturated rings. The molecule has 0 saturated carbocycles. The lowest BCUT2D eigenvalue weighted by atomic mass is 10.2. The van der Waals surface area contributed by atoms with E-state index in [1.807, 2.05) is 48.7 Å². The first-order valence-electron chi connectivity index (χ1n) is 9.69. The monoisotopic (exact) mass is 432 g/mol. The normalized spacial score (nSPS) is 11.0. The van der Waals surface area contributed by atoms with Gasteiger partial charge in [-0.15, -0.1) is 0 Å². The molecule has 2 N–H and O–H groups in total. The number of hydrogen-bond donors (Lipinski definition) is 2. The molecule has 0 aliphatic rings. The fraction of sp³-hybridized carbons (Fsp3) is 0.0833. The van der Waals surface area contributed by atoms with E-state index in [1.54, 1.807) is 25.5 Å². The number of methoxy groups -OCH3 is 1. The van der Waals surface area contributed by atoms with Gasteiger partial charge in [-0.05, 0) is 60.2 Å². The summed E-state index contributed by atoms with van der Waals surface area (Å²) in [5.41, 5.74) is 6.74. The second-order valence-corrected chi connectivity index (χ2v) is 7.32. The first-order chi connectivity index (χ1) is 15.1. The molecule has 4 aromatic rings. The van der Waals surface area contributed by atoms with Crippen LogP contribution in [0.1, 0.15) is 11.1 Å². The van der Waals surface area contributed by atoms with Crippen molar-refractivity contribution in [2.45, 2.75) is 6.54 Å². The molecule has 3 aromatic carbocycles. The predicted octanol–water partition coefficient (Wildman–Crippen LogP) is 5.16. The van der Waals surface area contributed by atoms with E-state index < -0.39 is 0 Å². The number of fused-ring (bicyclic) bond motifs is 1. The minimum absolute atomic E-state index is 0.237. The highest BCUT2D eigenvalue weighted by atomic mass is 32.1. The number of benzene rings is 3. The van der Waals surface area contributed by atoms with Gasteiger partial charge in [0.25, 0.3) is 0 Å². The van der Waals surface area contributed by atoms with Gasteiger partial charge in [-0.1, -0.05) is 30.3 Å². The summed E-state index contributed by atoms with van der Waals surface area (Å²) >= 11 is 5.31. The van der Waals surface area contributed by atoms with Gasteiger partial charge in [-0.3, -0.25) is 5.43 Å². The molecule has 0 atom stereocenters. The van der Waals surface area contributed by atoms with Crippen LogP contribution in [0.3, 0.4) is 0 Å². The fourth-order valence-corrected chi connectivity index (χ4v) is 3.46. The number of halogens is 1. The van der Waals surface area contributed by atoms with Crippen molar-refractivity contribution in [1.29, 1.82) is 0 Å². The van der Waals surface area contributed by atoms with Crippen LogP contribution in [0.4, 0.5) is 10.1 Å². The van der Waals surface area contributed by atoms with Crippen molar-refractivity contribution in [2.75, 3.05) is 12.4 Å². The molecule has 0 radical (unpaired) electrons. The smallest absolute Gasteiger partial charge is 0.191 e. The minimum atomic E-state index is -0.237. The van der Waals surface area contributed by atoms with Gasteiger partial charge < -0.3 is 14.6 Å². The number of ether oxygens (including phenoxy) is 1. The Bertz CT molecular complexity index is 1220. The second-order valence-electron chi connectivity index (χ2n) is 6.91. The van der Waals surface area contributed by atoms with Crippen molar-refractivity contribution in [3.8, 4) is 5.75 Å². The molecule has 5 nitrogen and oxygen atoms in total. The number of anilines is 1. The van der Waals surface area contributed by atoms with Gasteiger partial charge in [0.1, 0.15) is 11.6 Å². The minimum Gasteiger partial charge on any atom is -0.497 e. The molecule has 0 saturated heterocycles. The first-order valence-corrected chi connectivity index (χ1v) is 10.1. The molecule has 31 heavy (non-hydrogen) atoms. The first kappa shape index (κ1) is 20.6. The third kappa shape index (κ3) is 5.07. The molecule has 156 valence electrons. The van der Waals surface area contributed by atoms with Crippen molar-refractivity contribution in [3.63, 3.8) is 0 Å². The van der Waals surface area contributed by atoms with E-state index >= 15 is 0 Å². The number of rotatable bonds is 6. The van der Waals surface area contributed by atoms with Gasteiger partial charge in [-0.25, -0.2) is 4.39 Å². The van der Waals surface area contributed by atoms with Crippen LogP contribution in [0.25, 0.3) is 10.9 Å². The van der Waals surface area contributed by atoms with Crippen molar-refractivity contribution >= 4 is 40.1 Å². The lowest BCUT2D eigenvalue weighted by Crippen LogP contribution is -2.23. The summed E-state index contributed by atoms with van der Waals surface area (Å²) in [6, 6.07) is 22.1. The molecule has 0 aliphatic heterocycles. The largest absolute Gasteiger partial charge is 0.497 e. The van der Waals surface area contributed by atoms with Crippen LogP contribution in [-0.4, -0.2) is 23.0 Å². The number of nitrogens with one attached hydrogen (secondary N) is 2. The molecule has 0 unspecified atom stereocenters. The Morgan fingerprint density at radius 1 is 1.06 bits per heavy atom. The second kappa shape index (κ2) is 9.40. The van der Waals surface area contributed by atoms with E-state index in [-0.39, 0.29) is 5.82 Å². The Hall–Kier alpha value is -3.71. The Morgan fingerprint density at radius 2 is 1.81 bits per heavy atom. The lowest BCUT2D eigenvalue weighted by Gasteiger charge is -2.07. The molecule has 1 aromatic heterocycles. The van der Waals surface area contributed by atoms with Crippen molar-refractivity contribution in [2.24, 2.45) is 5.10 Å². The van der Waals surface area contributed by atoms with Crippen molar-refractivity contribution in [1.82, 2.24) is 9.99 Å². The van der Waals surface area contributed by atoms with Gasteiger partial charge in [0.2, 0.25) is 0 Å². The summed E-state index contributed by atoms with van der Waals surface area (Å²) in [6.07, 6.45) is 3.77. The van der Waals surface area contributed by atoms with Crippen molar-refractivity contribution < 1.29 is 9.13 Å². The Labute approximate surface area is 185 Å². The van der Waals surface area contributed by atoms with E-state index in [2.05, 4.69) is 26.5 Å². The SMILES string of the molecule is COc1ccc(NC(=S)N/N=C/c2cn(Cc3ccc(F)cc3)c3ccccc23)cc1. The molecule has 1 heterocycles. The molecule has 0 aliphatic carbocycles. The Kier molecular flexibility index (Phi) is 6.24. The van der Waals surface area contributed by atoms with Crippen LogP contribution in [0, 0.1) is 5.82 Å². The van der Waals surface area contributed by atoms with E-state index in [1.165, 1.54) is 12.1 Å². The zero-order chi connectivity index (χ0) is 21.6. The van der Waals surface area contributed by atoms with Crippen LogP contribution in [-0.2, 0) is 6.54 Å².